The number of alkyl halides is 1. The molecule has 0 aliphatic heterocycles. The zero-order valence-corrected chi connectivity index (χ0v) is 16.5. The van der Waals surface area contributed by atoms with Crippen molar-refractivity contribution in [2.24, 2.45) is 0 Å². The van der Waals surface area contributed by atoms with Gasteiger partial charge in [0.25, 0.3) is 0 Å². The summed E-state index contributed by atoms with van der Waals surface area (Å²) < 4.78 is 12.5. The molecule has 0 fully saturated rings. The van der Waals surface area contributed by atoms with Crippen molar-refractivity contribution in [2.45, 2.75) is 0 Å². The van der Waals surface area contributed by atoms with Crippen molar-refractivity contribution in [3.63, 3.8) is 0 Å². The second kappa shape index (κ2) is 8.51. The highest BCUT2D eigenvalue weighted by atomic mass is 19.1. The Hall–Kier alpha value is -4.09. The van der Waals surface area contributed by atoms with Crippen LogP contribution in [0.3, 0.4) is 0 Å². The van der Waals surface area contributed by atoms with E-state index in [1.54, 1.807) is 12.1 Å². The number of nitrogens with zero attached hydrogens (tertiary/aromatic N) is 3. The second-order valence-corrected chi connectivity index (χ2v) is 6.91. The van der Waals surface area contributed by atoms with Gasteiger partial charge in [-0.1, -0.05) is 30.2 Å². The molecule has 0 aliphatic rings. The highest BCUT2D eigenvalue weighted by Crippen LogP contribution is 2.25. The molecule has 0 radical (unpaired) electrons. The van der Waals surface area contributed by atoms with Crippen molar-refractivity contribution < 1.29 is 4.39 Å². The first-order valence-electron chi connectivity index (χ1n) is 9.52. The highest BCUT2D eigenvalue weighted by Gasteiger charge is 2.04. The Labute approximate surface area is 174 Å². The van der Waals surface area contributed by atoms with Crippen molar-refractivity contribution in [3.8, 4) is 23.0 Å². The molecule has 0 aliphatic carbocycles. The number of halogens is 1. The van der Waals surface area contributed by atoms with E-state index in [4.69, 9.17) is 6.57 Å². The highest BCUT2D eigenvalue weighted by molar-refractivity contribution is 5.83. The normalized spacial score (nSPS) is 10.3. The standard InChI is InChI=1S/C25H19FN4/c1-27-22-9-6-19(7-10-22)21-15-20-16-23(29-25(20)28-17-21)8-3-18-4-11-24(12-5-18)30(2)14-13-26/h4-7,9-12,15-17H,13-14H2,2H3,(H,28,29). The van der Waals surface area contributed by atoms with E-state index in [2.05, 4.69) is 32.7 Å². The quantitative estimate of drug-likeness (QED) is 0.362. The van der Waals surface area contributed by atoms with Crippen molar-refractivity contribution in [1.29, 1.82) is 0 Å². The molecule has 2 heterocycles. The first kappa shape index (κ1) is 19.2. The van der Waals surface area contributed by atoms with E-state index >= 15 is 0 Å². The van der Waals surface area contributed by atoms with Crippen molar-refractivity contribution >= 4 is 22.4 Å². The minimum atomic E-state index is -0.375. The Morgan fingerprint density at radius 1 is 1.03 bits per heavy atom. The predicted octanol–water partition coefficient (Wildman–Crippen LogP) is 5.59. The lowest BCUT2D eigenvalue weighted by molar-refractivity contribution is 0.497. The van der Waals surface area contributed by atoms with Gasteiger partial charge in [-0.2, -0.15) is 0 Å². The third kappa shape index (κ3) is 4.16. The van der Waals surface area contributed by atoms with Gasteiger partial charge in [0, 0.05) is 42.0 Å². The van der Waals surface area contributed by atoms with Gasteiger partial charge in [-0.15, -0.1) is 0 Å². The first-order chi connectivity index (χ1) is 14.7. The maximum absolute atomic E-state index is 12.5. The number of aromatic amines is 1. The van der Waals surface area contributed by atoms with Crippen LogP contribution in [0.1, 0.15) is 11.3 Å². The molecular weight excluding hydrogens is 375 g/mol. The first-order valence-corrected chi connectivity index (χ1v) is 9.52. The summed E-state index contributed by atoms with van der Waals surface area (Å²) >= 11 is 0. The van der Waals surface area contributed by atoms with Crippen LogP contribution in [0.15, 0.2) is 66.9 Å². The Kier molecular flexibility index (Phi) is 5.46. The van der Waals surface area contributed by atoms with E-state index in [-0.39, 0.29) is 6.67 Å². The molecule has 0 amide bonds. The molecule has 30 heavy (non-hydrogen) atoms. The summed E-state index contributed by atoms with van der Waals surface area (Å²) in [5.41, 5.74) is 6.05. The number of nitrogens with one attached hydrogen (secondary N) is 1. The SMILES string of the molecule is [C-]#[N+]c1ccc(-c2cnc3[nH]c(C#Cc4ccc(N(C)CCF)cc4)cc3c2)cc1. The zero-order valence-electron chi connectivity index (χ0n) is 16.5. The maximum Gasteiger partial charge on any atom is 0.187 e. The molecule has 4 nitrogen and oxygen atoms in total. The number of rotatable bonds is 4. The molecule has 4 rings (SSSR count). The van der Waals surface area contributed by atoms with E-state index in [9.17, 15) is 4.39 Å². The third-order valence-corrected chi connectivity index (χ3v) is 4.87. The Morgan fingerprint density at radius 3 is 2.50 bits per heavy atom. The lowest BCUT2D eigenvalue weighted by atomic mass is 10.1. The van der Waals surface area contributed by atoms with Crippen molar-refractivity contribution in [3.05, 3.63) is 89.5 Å². The van der Waals surface area contributed by atoms with Crippen LogP contribution in [-0.2, 0) is 0 Å². The van der Waals surface area contributed by atoms with E-state index in [0.717, 1.165) is 39.1 Å². The number of pyridine rings is 1. The second-order valence-electron chi connectivity index (χ2n) is 6.91. The number of anilines is 1. The van der Waals surface area contributed by atoms with Crippen LogP contribution >= 0.6 is 0 Å². The van der Waals surface area contributed by atoms with E-state index in [0.29, 0.717) is 12.2 Å². The zero-order chi connectivity index (χ0) is 20.9. The van der Waals surface area contributed by atoms with E-state index in [1.807, 2.05) is 60.6 Å². The number of fused-ring (bicyclic) bond motifs is 1. The van der Waals surface area contributed by atoms with Crippen LogP contribution in [-0.4, -0.2) is 30.2 Å². The average molecular weight is 394 g/mol. The Balaban J connectivity index is 1.55. The van der Waals surface area contributed by atoms with E-state index < -0.39 is 0 Å². The fourth-order valence-electron chi connectivity index (χ4n) is 3.16. The summed E-state index contributed by atoms with van der Waals surface area (Å²) in [6, 6.07) is 19.3. The summed E-state index contributed by atoms with van der Waals surface area (Å²) in [5, 5.41) is 0.981. The van der Waals surface area contributed by atoms with E-state index in [1.165, 1.54) is 0 Å². The molecule has 1 N–H and O–H groups in total. The van der Waals surface area contributed by atoms with Gasteiger partial charge in [0.1, 0.15) is 12.3 Å². The summed E-state index contributed by atoms with van der Waals surface area (Å²) in [5.74, 6) is 6.30. The lowest BCUT2D eigenvalue weighted by Crippen LogP contribution is -2.19. The lowest BCUT2D eigenvalue weighted by Gasteiger charge is -2.16. The molecule has 5 heteroatoms. The van der Waals surface area contributed by atoms with Gasteiger partial charge in [0.15, 0.2) is 5.69 Å². The third-order valence-electron chi connectivity index (χ3n) is 4.87. The molecule has 0 saturated heterocycles. The predicted molar refractivity (Wildman–Crippen MR) is 119 cm³/mol. The van der Waals surface area contributed by atoms with Gasteiger partial charge in [0.05, 0.1) is 12.3 Å². The van der Waals surface area contributed by atoms with Crippen molar-refractivity contribution in [1.82, 2.24) is 9.97 Å². The largest absolute Gasteiger partial charge is 0.372 e. The molecule has 2 aromatic heterocycles. The fourth-order valence-corrected chi connectivity index (χ4v) is 3.16. The number of H-pyrrole nitrogens is 1. The van der Waals surface area contributed by atoms with Gasteiger partial charge < -0.3 is 9.88 Å². The molecule has 0 unspecified atom stereocenters. The molecule has 0 spiro atoms. The smallest absolute Gasteiger partial charge is 0.187 e. The summed E-state index contributed by atoms with van der Waals surface area (Å²) in [6.07, 6.45) is 1.82. The Bertz CT molecular complexity index is 1270. The van der Waals surface area contributed by atoms with Crippen molar-refractivity contribution in [2.75, 3.05) is 25.2 Å². The summed E-state index contributed by atoms with van der Waals surface area (Å²) in [4.78, 5) is 13.0. The topological polar surface area (TPSA) is 36.3 Å². The van der Waals surface area contributed by atoms with Crippen LogP contribution in [0, 0.1) is 18.4 Å². The van der Waals surface area contributed by atoms with Gasteiger partial charge in [-0.25, -0.2) is 14.2 Å². The van der Waals surface area contributed by atoms with Gasteiger partial charge in [-0.3, -0.25) is 0 Å². The number of benzene rings is 2. The molecule has 0 atom stereocenters. The summed E-state index contributed by atoms with van der Waals surface area (Å²) in [6.45, 7) is 7.06. The fraction of sp³-hybridized carbons (Fsp3) is 0.120. The molecule has 0 bridgehead atoms. The molecule has 4 aromatic rings. The van der Waals surface area contributed by atoms with Gasteiger partial charge in [-0.05, 0) is 47.9 Å². The molecule has 146 valence electrons. The van der Waals surface area contributed by atoms with Gasteiger partial charge in [0.2, 0.25) is 0 Å². The monoisotopic (exact) mass is 394 g/mol. The maximum atomic E-state index is 12.5. The van der Waals surface area contributed by atoms with Crippen LogP contribution in [0.2, 0.25) is 0 Å². The van der Waals surface area contributed by atoms with Crippen LogP contribution in [0.5, 0.6) is 0 Å². The van der Waals surface area contributed by atoms with Crippen LogP contribution in [0.4, 0.5) is 15.8 Å². The molecular formula is C25H19FN4. The number of hydrogen-bond donors (Lipinski definition) is 1. The minimum absolute atomic E-state index is 0.374. The number of aromatic nitrogens is 2. The number of hydrogen-bond acceptors (Lipinski definition) is 2. The molecule has 2 aromatic carbocycles. The van der Waals surface area contributed by atoms with Crippen LogP contribution in [0.25, 0.3) is 27.0 Å². The van der Waals surface area contributed by atoms with Gasteiger partial charge >= 0.3 is 0 Å². The average Bonchev–Trinajstić information content (AvgIpc) is 3.20. The van der Waals surface area contributed by atoms with Crippen LogP contribution < -0.4 is 4.90 Å². The molecule has 0 saturated carbocycles. The Morgan fingerprint density at radius 2 is 1.80 bits per heavy atom. The summed E-state index contributed by atoms with van der Waals surface area (Å²) in [7, 11) is 1.87. The minimum Gasteiger partial charge on any atom is -0.372 e.